The molecule has 3 fully saturated rings. The highest BCUT2D eigenvalue weighted by Crippen LogP contribution is 2.72. The predicted molar refractivity (Wildman–Crippen MR) is 160 cm³/mol. The van der Waals surface area contributed by atoms with Crippen LogP contribution in [0, 0.1) is 28.5 Å². The number of pyridine rings is 1. The van der Waals surface area contributed by atoms with Gasteiger partial charge in [0.1, 0.15) is 5.78 Å². The molecule has 1 saturated heterocycles. The average molecular weight is 618 g/mol. The summed E-state index contributed by atoms with van der Waals surface area (Å²) >= 11 is 12.6. The minimum Gasteiger partial charge on any atom is -0.394 e. The minimum absolute atomic E-state index is 0.0199. The van der Waals surface area contributed by atoms with Crippen LogP contribution in [0.5, 0.6) is 0 Å². The Morgan fingerprint density at radius 3 is 2.60 bits per heavy atom. The van der Waals surface area contributed by atoms with E-state index in [1.54, 1.807) is 18.2 Å². The van der Waals surface area contributed by atoms with Crippen molar-refractivity contribution in [1.82, 2.24) is 4.98 Å². The van der Waals surface area contributed by atoms with Crippen LogP contribution >= 0.6 is 23.2 Å². The summed E-state index contributed by atoms with van der Waals surface area (Å²) in [6.07, 6.45) is 6.54. The van der Waals surface area contributed by atoms with E-state index in [0.29, 0.717) is 23.6 Å². The molecule has 2 spiro atoms. The number of benzene rings is 1. The third-order valence-electron chi connectivity index (χ3n) is 11.1. The fraction of sp³-hybridized carbons (Fsp3) is 0.606. The highest BCUT2D eigenvalue weighted by atomic mass is 35.5. The number of aromatic nitrogens is 1. The van der Waals surface area contributed by atoms with Gasteiger partial charge in [-0.2, -0.15) is 0 Å². The van der Waals surface area contributed by atoms with Gasteiger partial charge in [-0.25, -0.2) is 9.37 Å². The summed E-state index contributed by atoms with van der Waals surface area (Å²) in [6.45, 7) is 6.40. The summed E-state index contributed by atoms with van der Waals surface area (Å²) in [5.41, 5.74) is 0.0395. The smallest absolute Gasteiger partial charge is 0.236 e. The van der Waals surface area contributed by atoms with Crippen LogP contribution < -0.4 is 5.32 Å². The maximum Gasteiger partial charge on any atom is 0.236 e. The van der Waals surface area contributed by atoms with Gasteiger partial charge in [0.25, 0.3) is 0 Å². The molecule has 2 aliphatic carbocycles. The van der Waals surface area contributed by atoms with E-state index in [2.05, 4.69) is 24.1 Å². The number of Topliss-reactive ketones (excluding diaryl/α,β-unsaturated/α-hetero) is 1. The molecular weight excluding hydrogens is 578 g/mol. The Bertz CT molecular complexity index is 1410. The molecule has 6 nitrogen and oxygen atoms in total. The Morgan fingerprint density at radius 2 is 1.90 bits per heavy atom. The second kappa shape index (κ2) is 10.8. The number of rotatable bonds is 5. The molecular formula is C33H39Cl2FN2O4. The van der Waals surface area contributed by atoms with Gasteiger partial charge in [0.05, 0.1) is 24.2 Å². The predicted octanol–water partition coefficient (Wildman–Crippen LogP) is 7.24. The number of ether oxygens (including phenoxy) is 1. The van der Waals surface area contributed by atoms with E-state index in [1.165, 1.54) is 6.20 Å². The summed E-state index contributed by atoms with van der Waals surface area (Å²) in [5.74, 6) is -2.25. The van der Waals surface area contributed by atoms with Crippen LogP contribution in [0.15, 0.2) is 30.5 Å². The lowest BCUT2D eigenvalue weighted by molar-refractivity contribution is -0.131. The molecule has 226 valence electrons. The van der Waals surface area contributed by atoms with E-state index in [1.807, 2.05) is 13.0 Å². The number of amides is 1. The molecule has 1 amide bonds. The lowest BCUT2D eigenvalue weighted by atomic mass is 9.51. The van der Waals surface area contributed by atoms with Crippen molar-refractivity contribution in [2.45, 2.75) is 95.7 Å². The van der Waals surface area contributed by atoms with E-state index in [9.17, 15) is 14.7 Å². The fourth-order valence-corrected chi connectivity index (χ4v) is 9.17. The molecule has 1 aromatic carbocycles. The van der Waals surface area contributed by atoms with Gasteiger partial charge in [-0.05, 0) is 97.9 Å². The van der Waals surface area contributed by atoms with E-state index in [4.69, 9.17) is 27.9 Å². The summed E-state index contributed by atoms with van der Waals surface area (Å²) in [7, 11) is 0. The Labute approximate surface area is 256 Å². The van der Waals surface area contributed by atoms with E-state index < -0.39 is 28.5 Å². The quantitative estimate of drug-likeness (QED) is 0.346. The number of nitrogens with one attached hydrogen (secondary N) is 1. The maximum absolute atomic E-state index is 16.1. The van der Waals surface area contributed by atoms with Gasteiger partial charge in [-0.15, -0.1) is 0 Å². The molecule has 0 radical (unpaired) electrons. The van der Waals surface area contributed by atoms with Crippen LogP contribution in [0.3, 0.4) is 0 Å². The standard InChI is InChI=1S/C33H39Cl2FN2O4/c1-18-19(4-6-21(17-39)42-18)14-26(40)23-16-32(11-9-31(2,3)10-12-32)33(27(23)22-8-13-37-29(35)28(22)36)24-7-5-20(34)15-25(24)38-30(33)41/h5,7-8,13,15,18-19,21,23,27,39H,4,6,9-12,14,16-17H2,1-3H3,(H,38,41)/t18-,19+,21+,23+,27+,33-/m1/s1. The summed E-state index contributed by atoms with van der Waals surface area (Å²) in [6, 6.07) is 7.02. The second-order valence-electron chi connectivity index (χ2n) is 13.8. The number of aliphatic hydroxyl groups is 1. The molecule has 2 aromatic rings. The SMILES string of the molecule is C[C@H]1O[C@H](CO)CC[C@H]1CC(=O)[C@@H]1CC2(CCC(C)(C)CC2)[C@@]2(C(=O)Nc3cc(Cl)ccc32)[C@H]1c1ccnc(Cl)c1F. The second-order valence-corrected chi connectivity index (χ2v) is 14.6. The number of halogens is 3. The molecule has 0 unspecified atom stereocenters. The molecule has 3 heterocycles. The number of carbonyl (C=O) groups excluding carboxylic acids is 2. The van der Waals surface area contributed by atoms with Gasteiger partial charge < -0.3 is 15.2 Å². The molecule has 2 aliphatic heterocycles. The Kier molecular flexibility index (Phi) is 7.73. The van der Waals surface area contributed by atoms with Crippen molar-refractivity contribution < 1.29 is 23.8 Å². The third kappa shape index (κ3) is 4.61. The van der Waals surface area contributed by atoms with Crippen molar-refractivity contribution in [2.24, 2.45) is 22.7 Å². The molecule has 2 saturated carbocycles. The Hall–Kier alpha value is -2.06. The van der Waals surface area contributed by atoms with Gasteiger partial charge in [-0.3, -0.25) is 9.59 Å². The van der Waals surface area contributed by atoms with Crippen molar-refractivity contribution in [1.29, 1.82) is 0 Å². The molecule has 42 heavy (non-hydrogen) atoms. The van der Waals surface area contributed by atoms with Crippen molar-refractivity contribution in [3.63, 3.8) is 0 Å². The van der Waals surface area contributed by atoms with Crippen LogP contribution in [0.4, 0.5) is 10.1 Å². The number of hydrogen-bond acceptors (Lipinski definition) is 5. The maximum atomic E-state index is 16.1. The highest BCUT2D eigenvalue weighted by molar-refractivity contribution is 6.31. The first-order valence-corrected chi connectivity index (χ1v) is 15.9. The van der Waals surface area contributed by atoms with Gasteiger partial charge in [0.2, 0.25) is 5.91 Å². The van der Waals surface area contributed by atoms with Crippen LogP contribution in [-0.4, -0.2) is 40.6 Å². The van der Waals surface area contributed by atoms with Crippen molar-refractivity contribution in [3.8, 4) is 0 Å². The first-order chi connectivity index (χ1) is 19.9. The molecule has 2 N–H and O–H groups in total. The molecule has 9 heteroatoms. The van der Waals surface area contributed by atoms with Gasteiger partial charge in [0.15, 0.2) is 11.0 Å². The molecule has 6 rings (SSSR count). The van der Waals surface area contributed by atoms with Crippen LogP contribution in [0.25, 0.3) is 0 Å². The number of fused-ring (bicyclic) bond motifs is 3. The highest BCUT2D eigenvalue weighted by Gasteiger charge is 2.72. The van der Waals surface area contributed by atoms with E-state index >= 15 is 4.39 Å². The zero-order valence-corrected chi connectivity index (χ0v) is 25.9. The van der Waals surface area contributed by atoms with Crippen LogP contribution in [0.1, 0.15) is 89.2 Å². The largest absolute Gasteiger partial charge is 0.394 e. The zero-order valence-electron chi connectivity index (χ0n) is 24.4. The topological polar surface area (TPSA) is 88.5 Å². The number of aliphatic hydroxyl groups excluding tert-OH is 1. The van der Waals surface area contributed by atoms with Crippen molar-refractivity contribution in [2.75, 3.05) is 11.9 Å². The number of hydrogen-bond donors (Lipinski definition) is 2. The average Bonchev–Trinajstić information content (AvgIpc) is 3.41. The lowest BCUT2D eigenvalue weighted by Gasteiger charge is -2.51. The fourth-order valence-electron chi connectivity index (χ4n) is 8.83. The third-order valence-corrected chi connectivity index (χ3v) is 11.6. The number of anilines is 1. The van der Waals surface area contributed by atoms with E-state index in [0.717, 1.165) is 37.7 Å². The molecule has 6 atom stereocenters. The number of ketones is 1. The molecule has 0 bridgehead atoms. The lowest BCUT2D eigenvalue weighted by Crippen LogP contribution is -2.52. The Balaban J connectivity index is 1.51. The van der Waals surface area contributed by atoms with Gasteiger partial charge >= 0.3 is 0 Å². The molecule has 4 aliphatic rings. The number of nitrogens with zero attached hydrogens (tertiary/aromatic N) is 1. The van der Waals surface area contributed by atoms with Crippen molar-refractivity contribution >= 4 is 40.6 Å². The van der Waals surface area contributed by atoms with Gasteiger partial charge in [-0.1, -0.05) is 43.1 Å². The van der Waals surface area contributed by atoms with Crippen LogP contribution in [-0.2, 0) is 19.7 Å². The van der Waals surface area contributed by atoms with Crippen molar-refractivity contribution in [3.05, 3.63) is 57.6 Å². The first-order valence-electron chi connectivity index (χ1n) is 15.1. The van der Waals surface area contributed by atoms with Gasteiger partial charge in [0, 0.05) is 35.2 Å². The monoisotopic (exact) mass is 616 g/mol. The minimum atomic E-state index is -1.17. The zero-order chi connectivity index (χ0) is 30.0. The summed E-state index contributed by atoms with van der Waals surface area (Å²) < 4.78 is 22.1. The van der Waals surface area contributed by atoms with E-state index in [-0.39, 0.29) is 59.0 Å². The number of carbonyl (C=O) groups is 2. The molecule has 1 aromatic heterocycles. The normalized spacial score (nSPS) is 33.1. The summed E-state index contributed by atoms with van der Waals surface area (Å²) in [5, 5.41) is 12.9. The van der Waals surface area contributed by atoms with Crippen LogP contribution in [0.2, 0.25) is 10.2 Å². The Morgan fingerprint density at radius 1 is 1.17 bits per heavy atom. The summed E-state index contributed by atoms with van der Waals surface area (Å²) in [4.78, 5) is 33.1. The first kappa shape index (κ1) is 30.0.